The number of anilines is 1. The van der Waals surface area contributed by atoms with Crippen molar-refractivity contribution in [3.63, 3.8) is 0 Å². The fourth-order valence-corrected chi connectivity index (χ4v) is 3.28. The van der Waals surface area contributed by atoms with Gasteiger partial charge in [0.15, 0.2) is 0 Å². The van der Waals surface area contributed by atoms with Crippen LogP contribution in [0.1, 0.15) is 24.5 Å². The van der Waals surface area contributed by atoms with Crippen LogP contribution in [0.5, 0.6) is 0 Å². The Labute approximate surface area is 169 Å². The van der Waals surface area contributed by atoms with Gasteiger partial charge in [-0.1, -0.05) is 79.7 Å². The molecule has 0 saturated carbocycles. The van der Waals surface area contributed by atoms with Gasteiger partial charge in [0.05, 0.1) is 16.6 Å². The molecule has 0 aliphatic carbocycles. The number of rotatable bonds is 6. The molecule has 0 amide bonds. The summed E-state index contributed by atoms with van der Waals surface area (Å²) in [4.78, 5) is 17.6. The third-order valence-electron chi connectivity index (χ3n) is 4.67. The maximum Gasteiger partial charge on any atom is 0.262 e. The Hall–Kier alpha value is -3.73. The SMILES string of the molecule is CCCn1c(NN=C(c2ccccc2)c2ccccc2)nc2ccccc2c1=O. The Balaban J connectivity index is 1.82. The van der Waals surface area contributed by atoms with Crippen LogP contribution < -0.4 is 11.0 Å². The predicted octanol–water partition coefficient (Wildman–Crippen LogP) is 4.67. The molecule has 0 saturated heterocycles. The summed E-state index contributed by atoms with van der Waals surface area (Å²) in [5.74, 6) is 0.444. The Bertz CT molecular complexity index is 1160. The van der Waals surface area contributed by atoms with Crippen molar-refractivity contribution >= 4 is 22.6 Å². The van der Waals surface area contributed by atoms with Crippen molar-refractivity contribution in [3.8, 4) is 0 Å². The van der Waals surface area contributed by atoms with Gasteiger partial charge in [-0.25, -0.2) is 10.4 Å². The zero-order chi connectivity index (χ0) is 20.1. The summed E-state index contributed by atoms with van der Waals surface area (Å²) in [5.41, 5.74) is 6.42. The fraction of sp³-hybridized carbons (Fsp3) is 0.125. The Morgan fingerprint density at radius 1 is 0.897 bits per heavy atom. The lowest BCUT2D eigenvalue weighted by molar-refractivity contribution is 0.654. The van der Waals surface area contributed by atoms with Gasteiger partial charge in [0, 0.05) is 17.7 Å². The number of nitrogens with one attached hydrogen (secondary N) is 1. The number of hydrogen-bond acceptors (Lipinski definition) is 4. The summed E-state index contributed by atoms with van der Waals surface area (Å²) in [5, 5.41) is 5.28. The molecule has 5 heteroatoms. The zero-order valence-electron chi connectivity index (χ0n) is 16.2. The monoisotopic (exact) mass is 382 g/mol. The Morgan fingerprint density at radius 2 is 1.48 bits per heavy atom. The van der Waals surface area contributed by atoms with Crippen molar-refractivity contribution in [1.82, 2.24) is 9.55 Å². The van der Waals surface area contributed by atoms with Gasteiger partial charge in [-0.3, -0.25) is 9.36 Å². The number of fused-ring (bicyclic) bond motifs is 1. The van der Waals surface area contributed by atoms with Crippen LogP contribution in [0.4, 0.5) is 5.95 Å². The first kappa shape index (κ1) is 18.6. The van der Waals surface area contributed by atoms with Gasteiger partial charge in [0.2, 0.25) is 5.95 Å². The average molecular weight is 382 g/mol. The first-order valence-electron chi connectivity index (χ1n) is 9.72. The predicted molar refractivity (Wildman–Crippen MR) is 118 cm³/mol. The quantitative estimate of drug-likeness (QED) is 0.389. The van der Waals surface area contributed by atoms with Crippen LogP contribution >= 0.6 is 0 Å². The highest BCUT2D eigenvalue weighted by Crippen LogP contribution is 2.14. The van der Waals surface area contributed by atoms with E-state index >= 15 is 0 Å². The molecule has 4 aromatic rings. The first-order chi connectivity index (χ1) is 14.3. The van der Waals surface area contributed by atoms with E-state index in [2.05, 4.69) is 15.5 Å². The summed E-state index contributed by atoms with van der Waals surface area (Å²) < 4.78 is 1.65. The lowest BCUT2D eigenvalue weighted by atomic mass is 10.0. The van der Waals surface area contributed by atoms with Gasteiger partial charge in [-0.05, 0) is 18.6 Å². The maximum absolute atomic E-state index is 13.0. The van der Waals surface area contributed by atoms with Crippen LogP contribution in [0.15, 0.2) is 94.8 Å². The molecular formula is C24H22N4O. The summed E-state index contributed by atoms with van der Waals surface area (Å²) >= 11 is 0. The van der Waals surface area contributed by atoms with E-state index in [0.29, 0.717) is 23.4 Å². The molecule has 0 radical (unpaired) electrons. The van der Waals surface area contributed by atoms with Crippen LogP contribution in [0.25, 0.3) is 10.9 Å². The molecule has 0 spiro atoms. The van der Waals surface area contributed by atoms with Crippen molar-refractivity contribution in [2.24, 2.45) is 5.10 Å². The third-order valence-corrected chi connectivity index (χ3v) is 4.67. The first-order valence-corrected chi connectivity index (χ1v) is 9.72. The minimum absolute atomic E-state index is 0.0591. The standard InChI is InChI=1S/C24H22N4O/c1-2-17-28-23(29)20-15-9-10-16-21(20)25-24(28)27-26-22(18-11-5-3-6-12-18)19-13-7-4-8-14-19/h3-16H,2,17H2,1H3,(H,25,27). The molecule has 29 heavy (non-hydrogen) atoms. The minimum atomic E-state index is -0.0591. The smallest absolute Gasteiger partial charge is 0.262 e. The highest BCUT2D eigenvalue weighted by atomic mass is 16.1. The van der Waals surface area contributed by atoms with E-state index in [-0.39, 0.29) is 5.56 Å². The van der Waals surface area contributed by atoms with Gasteiger partial charge in [-0.15, -0.1) is 0 Å². The Kier molecular flexibility index (Phi) is 5.47. The van der Waals surface area contributed by atoms with E-state index in [0.717, 1.165) is 23.3 Å². The second-order valence-corrected chi connectivity index (χ2v) is 6.71. The number of aromatic nitrogens is 2. The molecule has 0 aliphatic rings. The molecule has 3 aromatic carbocycles. The number of hydrazone groups is 1. The van der Waals surface area contributed by atoms with Crippen molar-refractivity contribution in [1.29, 1.82) is 0 Å². The third kappa shape index (κ3) is 3.94. The second kappa shape index (κ2) is 8.52. The van der Waals surface area contributed by atoms with E-state index in [1.54, 1.807) is 4.57 Å². The van der Waals surface area contributed by atoms with Crippen LogP contribution in [0.3, 0.4) is 0 Å². The van der Waals surface area contributed by atoms with Crippen molar-refractivity contribution in [2.75, 3.05) is 5.43 Å². The zero-order valence-corrected chi connectivity index (χ0v) is 16.2. The molecule has 5 nitrogen and oxygen atoms in total. The molecule has 4 rings (SSSR count). The minimum Gasteiger partial charge on any atom is -0.277 e. The second-order valence-electron chi connectivity index (χ2n) is 6.71. The molecule has 144 valence electrons. The number of para-hydroxylation sites is 1. The van der Waals surface area contributed by atoms with Crippen molar-refractivity contribution in [2.45, 2.75) is 19.9 Å². The number of hydrogen-bond donors (Lipinski definition) is 1. The lowest BCUT2D eigenvalue weighted by Crippen LogP contribution is -2.24. The van der Waals surface area contributed by atoms with Crippen LogP contribution in [0, 0.1) is 0 Å². The normalized spacial score (nSPS) is 10.7. The Morgan fingerprint density at radius 3 is 2.10 bits per heavy atom. The van der Waals surface area contributed by atoms with Gasteiger partial charge in [0.1, 0.15) is 0 Å². The molecule has 0 fully saturated rings. The van der Waals surface area contributed by atoms with E-state index in [1.807, 2.05) is 91.9 Å². The van der Waals surface area contributed by atoms with Crippen molar-refractivity contribution < 1.29 is 0 Å². The molecular weight excluding hydrogens is 360 g/mol. The van der Waals surface area contributed by atoms with Crippen LogP contribution in [0.2, 0.25) is 0 Å². The number of benzene rings is 3. The summed E-state index contributed by atoms with van der Waals surface area (Å²) in [6.45, 7) is 2.61. The topological polar surface area (TPSA) is 59.3 Å². The molecule has 0 atom stereocenters. The average Bonchev–Trinajstić information content (AvgIpc) is 2.78. The fourth-order valence-electron chi connectivity index (χ4n) is 3.28. The summed E-state index contributed by atoms with van der Waals surface area (Å²) in [7, 11) is 0. The molecule has 0 bridgehead atoms. The van der Waals surface area contributed by atoms with E-state index in [4.69, 9.17) is 0 Å². The highest BCUT2D eigenvalue weighted by Gasteiger charge is 2.11. The molecule has 0 unspecified atom stereocenters. The van der Waals surface area contributed by atoms with E-state index in [1.165, 1.54) is 0 Å². The molecule has 1 heterocycles. The largest absolute Gasteiger partial charge is 0.277 e. The van der Waals surface area contributed by atoms with Crippen molar-refractivity contribution in [3.05, 3.63) is 106 Å². The maximum atomic E-state index is 13.0. The summed E-state index contributed by atoms with van der Waals surface area (Å²) in [6, 6.07) is 27.3. The lowest BCUT2D eigenvalue weighted by Gasteiger charge is -2.13. The van der Waals surface area contributed by atoms with Crippen LogP contribution in [-0.2, 0) is 6.54 Å². The molecule has 1 N–H and O–H groups in total. The van der Waals surface area contributed by atoms with Gasteiger partial charge in [-0.2, -0.15) is 5.10 Å². The van der Waals surface area contributed by atoms with Gasteiger partial charge < -0.3 is 0 Å². The highest BCUT2D eigenvalue weighted by molar-refractivity contribution is 6.13. The van der Waals surface area contributed by atoms with Gasteiger partial charge >= 0.3 is 0 Å². The number of nitrogens with zero attached hydrogens (tertiary/aromatic N) is 3. The molecule has 1 aromatic heterocycles. The summed E-state index contributed by atoms with van der Waals surface area (Å²) in [6.07, 6.45) is 0.822. The van der Waals surface area contributed by atoms with Gasteiger partial charge in [0.25, 0.3) is 5.56 Å². The van der Waals surface area contributed by atoms with E-state index in [9.17, 15) is 4.79 Å². The molecule has 0 aliphatic heterocycles. The van der Waals surface area contributed by atoms with E-state index < -0.39 is 0 Å². The van der Waals surface area contributed by atoms with Crippen LogP contribution in [-0.4, -0.2) is 15.3 Å².